The average Bonchev–Trinajstić information content (AvgIpc) is 2.45. The Morgan fingerprint density at radius 3 is 2.71 bits per heavy atom. The number of hydrogen-bond acceptors (Lipinski definition) is 5. The van der Waals surface area contributed by atoms with Gasteiger partial charge in [0.1, 0.15) is 0 Å². The fourth-order valence-corrected chi connectivity index (χ4v) is 3.89. The van der Waals surface area contributed by atoms with Crippen molar-refractivity contribution < 1.29 is 18.4 Å². The molecule has 0 aliphatic carbocycles. The third-order valence-corrected chi connectivity index (χ3v) is 5.24. The third kappa shape index (κ3) is 3.33. The van der Waals surface area contributed by atoms with Crippen LogP contribution in [0, 0.1) is 0 Å². The predicted octanol–water partition coefficient (Wildman–Crippen LogP) is 0.0402. The molecule has 1 amide bonds. The maximum absolute atomic E-state index is 12.5. The van der Waals surface area contributed by atoms with E-state index in [1.54, 1.807) is 25.1 Å². The van der Waals surface area contributed by atoms with E-state index in [-0.39, 0.29) is 35.8 Å². The van der Waals surface area contributed by atoms with Crippen LogP contribution in [-0.2, 0) is 9.84 Å². The summed E-state index contributed by atoms with van der Waals surface area (Å²) in [6, 6.07) is 6.02. The number of rotatable bonds is 2. The lowest BCUT2D eigenvalue weighted by atomic mass is 10.1. The van der Waals surface area contributed by atoms with E-state index in [1.165, 1.54) is 11.0 Å². The molecule has 0 spiro atoms. The number of carbonyl (C=O) groups is 1. The molecule has 7 nitrogen and oxygen atoms in total. The van der Waals surface area contributed by atoms with Crippen molar-refractivity contribution in [1.82, 2.24) is 4.90 Å². The lowest BCUT2D eigenvalue weighted by molar-refractivity contribution is 0.0712. The Bertz CT molecular complexity index is 684. The Morgan fingerprint density at radius 2 is 2.10 bits per heavy atom. The molecule has 114 valence electrons. The van der Waals surface area contributed by atoms with E-state index in [0.717, 1.165) is 0 Å². The number of amides is 1. The number of amidine groups is 1. The minimum absolute atomic E-state index is 0.0248. The van der Waals surface area contributed by atoms with Crippen molar-refractivity contribution in [3.05, 3.63) is 35.4 Å². The van der Waals surface area contributed by atoms with Gasteiger partial charge in [-0.1, -0.05) is 17.3 Å². The number of hydrogen-bond donors (Lipinski definition) is 2. The van der Waals surface area contributed by atoms with Crippen LogP contribution in [0.3, 0.4) is 0 Å². The van der Waals surface area contributed by atoms with Crippen LogP contribution in [0.2, 0.25) is 0 Å². The highest BCUT2D eigenvalue weighted by molar-refractivity contribution is 7.91. The molecule has 1 fully saturated rings. The first kappa shape index (κ1) is 15.3. The smallest absolute Gasteiger partial charge is 0.254 e. The monoisotopic (exact) mass is 311 g/mol. The summed E-state index contributed by atoms with van der Waals surface area (Å²) >= 11 is 0. The molecule has 1 atom stereocenters. The SMILES string of the molecule is CC1CS(=O)(=O)CCN1C(=O)c1cccc(/C(N)=N/O)c1. The van der Waals surface area contributed by atoms with E-state index >= 15 is 0 Å². The van der Waals surface area contributed by atoms with Gasteiger partial charge in [-0.05, 0) is 19.1 Å². The summed E-state index contributed by atoms with van der Waals surface area (Å²) in [6.07, 6.45) is 0. The molecule has 1 saturated heterocycles. The van der Waals surface area contributed by atoms with Gasteiger partial charge in [-0.25, -0.2) is 8.42 Å². The number of nitrogens with two attached hydrogens (primary N) is 1. The Morgan fingerprint density at radius 1 is 1.43 bits per heavy atom. The Labute approximate surface area is 123 Å². The molecule has 8 heteroatoms. The number of nitrogens with zero attached hydrogens (tertiary/aromatic N) is 2. The van der Waals surface area contributed by atoms with E-state index in [4.69, 9.17) is 10.9 Å². The first-order valence-corrected chi connectivity index (χ1v) is 8.25. The van der Waals surface area contributed by atoms with Crippen LogP contribution in [0.1, 0.15) is 22.8 Å². The molecule has 1 aliphatic heterocycles. The van der Waals surface area contributed by atoms with Crippen LogP contribution in [0.15, 0.2) is 29.4 Å². The van der Waals surface area contributed by atoms with Gasteiger partial charge in [0, 0.05) is 23.7 Å². The summed E-state index contributed by atoms with van der Waals surface area (Å²) in [6.45, 7) is 1.89. The zero-order valence-corrected chi connectivity index (χ0v) is 12.4. The summed E-state index contributed by atoms with van der Waals surface area (Å²) in [5, 5.41) is 11.6. The van der Waals surface area contributed by atoms with Gasteiger partial charge in [-0.15, -0.1) is 0 Å². The maximum Gasteiger partial charge on any atom is 0.254 e. The standard InChI is InChI=1S/C13H17N3O4S/c1-9-8-21(19,20)6-5-16(9)13(17)11-4-2-3-10(7-11)12(14)15-18/h2-4,7,9,18H,5-6,8H2,1H3,(H2,14,15). The second-order valence-corrected chi connectivity index (χ2v) is 7.26. The molecule has 1 aromatic rings. The highest BCUT2D eigenvalue weighted by Gasteiger charge is 2.31. The lowest BCUT2D eigenvalue weighted by Crippen LogP contribution is -2.49. The van der Waals surface area contributed by atoms with Crippen LogP contribution in [-0.4, -0.2) is 54.4 Å². The summed E-state index contributed by atoms with van der Waals surface area (Å²) < 4.78 is 23.1. The minimum Gasteiger partial charge on any atom is -0.409 e. The van der Waals surface area contributed by atoms with Crippen molar-refractivity contribution in [1.29, 1.82) is 0 Å². The summed E-state index contributed by atoms with van der Waals surface area (Å²) in [4.78, 5) is 14.0. The fraction of sp³-hybridized carbons (Fsp3) is 0.385. The van der Waals surface area contributed by atoms with Gasteiger partial charge in [-0.3, -0.25) is 4.79 Å². The van der Waals surface area contributed by atoms with Crippen LogP contribution in [0.25, 0.3) is 0 Å². The Hall–Kier alpha value is -2.09. The number of sulfone groups is 1. The van der Waals surface area contributed by atoms with E-state index in [0.29, 0.717) is 11.1 Å². The largest absolute Gasteiger partial charge is 0.409 e. The van der Waals surface area contributed by atoms with Crippen LogP contribution >= 0.6 is 0 Å². The van der Waals surface area contributed by atoms with Crippen molar-refractivity contribution in [2.45, 2.75) is 13.0 Å². The van der Waals surface area contributed by atoms with Crippen molar-refractivity contribution in [2.24, 2.45) is 10.9 Å². The fourth-order valence-electron chi connectivity index (χ4n) is 2.34. The highest BCUT2D eigenvalue weighted by Crippen LogP contribution is 2.16. The molecule has 0 bridgehead atoms. The van der Waals surface area contributed by atoms with Crippen molar-refractivity contribution in [3.8, 4) is 0 Å². The number of benzene rings is 1. The summed E-state index contributed by atoms with van der Waals surface area (Å²) in [5.41, 5.74) is 6.31. The quantitative estimate of drug-likeness (QED) is 0.346. The second-order valence-electron chi connectivity index (χ2n) is 5.03. The van der Waals surface area contributed by atoms with E-state index in [2.05, 4.69) is 5.16 Å². The Kier molecular flexibility index (Phi) is 4.17. The van der Waals surface area contributed by atoms with Crippen molar-refractivity contribution in [2.75, 3.05) is 18.1 Å². The second kappa shape index (κ2) is 5.72. The minimum atomic E-state index is -3.07. The van der Waals surface area contributed by atoms with Gasteiger partial charge in [0.2, 0.25) is 0 Å². The van der Waals surface area contributed by atoms with E-state index < -0.39 is 9.84 Å². The molecule has 0 aromatic heterocycles. The highest BCUT2D eigenvalue weighted by atomic mass is 32.2. The topological polar surface area (TPSA) is 113 Å². The number of carbonyl (C=O) groups excluding carboxylic acids is 1. The van der Waals surface area contributed by atoms with Gasteiger partial charge in [0.15, 0.2) is 15.7 Å². The molecular weight excluding hydrogens is 294 g/mol. The molecule has 1 aromatic carbocycles. The van der Waals surface area contributed by atoms with E-state index in [1.807, 2.05) is 0 Å². The van der Waals surface area contributed by atoms with Crippen LogP contribution in [0.4, 0.5) is 0 Å². The average molecular weight is 311 g/mol. The molecule has 1 unspecified atom stereocenters. The molecule has 1 heterocycles. The van der Waals surface area contributed by atoms with Gasteiger partial charge in [0.05, 0.1) is 11.5 Å². The van der Waals surface area contributed by atoms with Crippen molar-refractivity contribution in [3.63, 3.8) is 0 Å². The van der Waals surface area contributed by atoms with Crippen molar-refractivity contribution >= 4 is 21.6 Å². The Balaban J connectivity index is 2.25. The lowest BCUT2D eigenvalue weighted by Gasteiger charge is -2.33. The molecule has 3 N–H and O–H groups in total. The van der Waals surface area contributed by atoms with Gasteiger partial charge >= 0.3 is 0 Å². The third-order valence-electron chi connectivity index (χ3n) is 3.44. The molecule has 0 radical (unpaired) electrons. The number of oxime groups is 1. The van der Waals surface area contributed by atoms with Gasteiger partial charge in [0.25, 0.3) is 5.91 Å². The molecule has 2 rings (SSSR count). The molecule has 21 heavy (non-hydrogen) atoms. The maximum atomic E-state index is 12.5. The molecular formula is C13H17N3O4S. The van der Waals surface area contributed by atoms with E-state index in [9.17, 15) is 13.2 Å². The van der Waals surface area contributed by atoms with Gasteiger partial charge in [-0.2, -0.15) is 0 Å². The van der Waals surface area contributed by atoms with Crippen LogP contribution in [0.5, 0.6) is 0 Å². The molecule has 1 aliphatic rings. The zero-order valence-electron chi connectivity index (χ0n) is 11.6. The first-order chi connectivity index (χ1) is 9.84. The first-order valence-electron chi connectivity index (χ1n) is 6.43. The van der Waals surface area contributed by atoms with Crippen LogP contribution < -0.4 is 5.73 Å². The zero-order chi connectivity index (χ0) is 15.6. The normalized spacial score (nSPS) is 22.0. The molecule has 0 saturated carbocycles. The van der Waals surface area contributed by atoms with Gasteiger partial charge < -0.3 is 15.8 Å². The predicted molar refractivity (Wildman–Crippen MR) is 78.1 cm³/mol. The summed E-state index contributed by atoms with van der Waals surface area (Å²) in [7, 11) is -3.07. The summed E-state index contributed by atoms with van der Waals surface area (Å²) in [5.74, 6) is -0.397.